The van der Waals surface area contributed by atoms with Crippen LogP contribution in [0.1, 0.15) is 0 Å². The average Bonchev–Trinajstić information content (AvgIpc) is 2.73. The summed E-state index contributed by atoms with van der Waals surface area (Å²) in [5.41, 5.74) is -0.755. The molecule has 4 atom stereocenters. The zero-order valence-corrected chi connectivity index (χ0v) is 8.36. The van der Waals surface area contributed by atoms with Crippen LogP contribution in [0.25, 0.3) is 0 Å². The van der Waals surface area contributed by atoms with Crippen molar-refractivity contribution < 1.29 is 18.9 Å². The van der Waals surface area contributed by atoms with Crippen LogP contribution in [-0.4, -0.2) is 51.3 Å². The van der Waals surface area contributed by atoms with Gasteiger partial charge in [-0.25, -0.2) is 0 Å². The molecule has 2 rings (SSSR count). The standard InChI is InChI=1S/C10H14O4/c1-4-10-8(12-3)6-13-9(10)7(11-2)5-14-10/h1,7-9H,5-6H2,2-3H3/t7-,8+,9-,10-/m1/s1. The lowest BCUT2D eigenvalue weighted by molar-refractivity contribution is -0.0521. The van der Waals surface area contributed by atoms with Crippen LogP contribution in [0.4, 0.5) is 0 Å². The van der Waals surface area contributed by atoms with Crippen molar-refractivity contribution in [2.24, 2.45) is 0 Å². The van der Waals surface area contributed by atoms with Crippen LogP contribution in [0, 0.1) is 12.3 Å². The molecule has 0 amide bonds. The fourth-order valence-corrected chi connectivity index (χ4v) is 2.14. The van der Waals surface area contributed by atoms with E-state index in [0.717, 1.165) is 0 Å². The first-order chi connectivity index (χ1) is 6.78. The Labute approximate surface area is 83.5 Å². The van der Waals surface area contributed by atoms with E-state index >= 15 is 0 Å². The summed E-state index contributed by atoms with van der Waals surface area (Å²) in [6.45, 7) is 0.927. The average molecular weight is 198 g/mol. The van der Waals surface area contributed by atoms with E-state index < -0.39 is 5.60 Å². The Kier molecular flexibility index (Phi) is 2.50. The lowest BCUT2D eigenvalue weighted by atomic mass is 9.93. The summed E-state index contributed by atoms with van der Waals surface area (Å²) >= 11 is 0. The van der Waals surface area contributed by atoms with Crippen molar-refractivity contribution in [2.75, 3.05) is 27.4 Å². The van der Waals surface area contributed by atoms with Gasteiger partial charge in [-0.15, -0.1) is 6.42 Å². The highest BCUT2D eigenvalue weighted by atomic mass is 16.6. The first kappa shape index (κ1) is 9.94. The Morgan fingerprint density at radius 3 is 2.71 bits per heavy atom. The van der Waals surface area contributed by atoms with E-state index in [0.29, 0.717) is 13.2 Å². The first-order valence-electron chi connectivity index (χ1n) is 4.57. The summed E-state index contributed by atoms with van der Waals surface area (Å²) < 4.78 is 21.7. The molecule has 0 spiro atoms. The molecule has 0 bridgehead atoms. The molecule has 0 N–H and O–H groups in total. The quantitative estimate of drug-likeness (QED) is 0.577. The molecular weight excluding hydrogens is 184 g/mol. The summed E-state index contributed by atoms with van der Waals surface area (Å²) in [5.74, 6) is 2.65. The molecule has 4 heteroatoms. The number of terminal acetylenes is 1. The smallest absolute Gasteiger partial charge is 0.185 e. The molecule has 4 nitrogen and oxygen atoms in total. The molecule has 2 aliphatic rings. The number of methoxy groups -OCH3 is 2. The van der Waals surface area contributed by atoms with Crippen molar-refractivity contribution in [2.45, 2.75) is 23.9 Å². The van der Waals surface area contributed by atoms with Crippen LogP contribution in [0.5, 0.6) is 0 Å². The Balaban J connectivity index is 2.25. The van der Waals surface area contributed by atoms with Crippen LogP contribution in [0.2, 0.25) is 0 Å². The van der Waals surface area contributed by atoms with Gasteiger partial charge in [0.25, 0.3) is 0 Å². The van der Waals surface area contributed by atoms with Gasteiger partial charge in [-0.1, -0.05) is 5.92 Å². The second kappa shape index (κ2) is 3.52. The van der Waals surface area contributed by atoms with Crippen LogP contribution in [-0.2, 0) is 18.9 Å². The van der Waals surface area contributed by atoms with Crippen molar-refractivity contribution in [3.8, 4) is 12.3 Å². The number of ether oxygens (including phenoxy) is 4. The van der Waals surface area contributed by atoms with Gasteiger partial charge in [0, 0.05) is 14.2 Å². The van der Waals surface area contributed by atoms with Crippen molar-refractivity contribution in [3.05, 3.63) is 0 Å². The van der Waals surface area contributed by atoms with Gasteiger partial charge in [-0.05, 0) is 0 Å². The van der Waals surface area contributed by atoms with Gasteiger partial charge in [0.15, 0.2) is 5.60 Å². The number of hydrogen-bond acceptors (Lipinski definition) is 4. The molecule has 0 saturated carbocycles. The van der Waals surface area contributed by atoms with E-state index in [1.807, 2.05) is 0 Å². The van der Waals surface area contributed by atoms with Gasteiger partial charge in [0.1, 0.15) is 18.3 Å². The van der Waals surface area contributed by atoms with Crippen molar-refractivity contribution in [3.63, 3.8) is 0 Å². The van der Waals surface area contributed by atoms with Crippen molar-refractivity contribution in [1.29, 1.82) is 0 Å². The summed E-state index contributed by atoms with van der Waals surface area (Å²) in [4.78, 5) is 0. The highest BCUT2D eigenvalue weighted by Gasteiger charge is 2.60. The van der Waals surface area contributed by atoms with Gasteiger partial charge in [0.2, 0.25) is 0 Å². The number of fused-ring (bicyclic) bond motifs is 1. The van der Waals surface area contributed by atoms with Gasteiger partial charge in [-0.3, -0.25) is 0 Å². The number of rotatable bonds is 2. The molecule has 2 aliphatic heterocycles. The molecule has 0 aromatic heterocycles. The molecule has 2 saturated heterocycles. The Bertz CT molecular complexity index is 259. The Hall–Kier alpha value is -0.600. The van der Waals surface area contributed by atoms with Crippen LogP contribution in [0.3, 0.4) is 0 Å². The summed E-state index contributed by atoms with van der Waals surface area (Å²) in [5, 5.41) is 0. The van der Waals surface area contributed by atoms with Crippen LogP contribution >= 0.6 is 0 Å². The minimum Gasteiger partial charge on any atom is -0.376 e. The largest absolute Gasteiger partial charge is 0.376 e. The van der Waals surface area contributed by atoms with Gasteiger partial charge >= 0.3 is 0 Å². The number of hydrogen-bond donors (Lipinski definition) is 0. The Morgan fingerprint density at radius 2 is 2.14 bits per heavy atom. The van der Waals surface area contributed by atoms with E-state index in [-0.39, 0.29) is 18.3 Å². The summed E-state index contributed by atoms with van der Waals surface area (Å²) in [6, 6.07) is 0. The maximum atomic E-state index is 5.61. The molecule has 14 heavy (non-hydrogen) atoms. The van der Waals surface area contributed by atoms with Crippen LogP contribution in [0.15, 0.2) is 0 Å². The molecule has 78 valence electrons. The topological polar surface area (TPSA) is 36.9 Å². The third kappa shape index (κ3) is 1.11. The predicted molar refractivity (Wildman–Crippen MR) is 48.9 cm³/mol. The molecular formula is C10H14O4. The SMILES string of the molecule is C#C[C@]12OC[C@@H](OC)[C@H]1OC[C@@H]2OC. The molecule has 0 radical (unpaired) electrons. The van der Waals surface area contributed by atoms with E-state index in [1.54, 1.807) is 14.2 Å². The van der Waals surface area contributed by atoms with E-state index in [4.69, 9.17) is 25.4 Å². The minimum absolute atomic E-state index is 0.0915. The minimum atomic E-state index is -0.755. The molecule has 0 aromatic carbocycles. The Morgan fingerprint density at radius 1 is 1.36 bits per heavy atom. The maximum absolute atomic E-state index is 5.61. The van der Waals surface area contributed by atoms with E-state index in [9.17, 15) is 0 Å². The lowest BCUT2D eigenvalue weighted by Gasteiger charge is -2.26. The van der Waals surface area contributed by atoms with Crippen molar-refractivity contribution >= 4 is 0 Å². The zero-order chi connectivity index (χ0) is 10.2. The summed E-state index contributed by atoms with van der Waals surface area (Å²) in [7, 11) is 3.24. The predicted octanol–water partition coefficient (Wildman–Crippen LogP) is -0.183. The monoisotopic (exact) mass is 198 g/mol. The fourth-order valence-electron chi connectivity index (χ4n) is 2.14. The van der Waals surface area contributed by atoms with Crippen molar-refractivity contribution in [1.82, 2.24) is 0 Å². The fraction of sp³-hybridized carbons (Fsp3) is 0.800. The van der Waals surface area contributed by atoms with E-state index in [2.05, 4.69) is 5.92 Å². The molecule has 0 aliphatic carbocycles. The summed E-state index contributed by atoms with van der Waals surface area (Å²) in [6.07, 6.45) is 5.01. The highest BCUT2D eigenvalue weighted by Crippen LogP contribution is 2.39. The zero-order valence-electron chi connectivity index (χ0n) is 8.36. The first-order valence-corrected chi connectivity index (χ1v) is 4.57. The third-order valence-corrected chi connectivity index (χ3v) is 2.97. The second-order valence-corrected chi connectivity index (χ2v) is 3.50. The molecule has 0 aromatic rings. The second-order valence-electron chi connectivity index (χ2n) is 3.50. The van der Waals surface area contributed by atoms with Gasteiger partial charge in [0.05, 0.1) is 13.2 Å². The van der Waals surface area contributed by atoms with Gasteiger partial charge < -0.3 is 18.9 Å². The third-order valence-electron chi connectivity index (χ3n) is 2.97. The molecule has 2 heterocycles. The van der Waals surface area contributed by atoms with Crippen LogP contribution < -0.4 is 0 Å². The van der Waals surface area contributed by atoms with Gasteiger partial charge in [-0.2, -0.15) is 0 Å². The van der Waals surface area contributed by atoms with E-state index in [1.165, 1.54) is 0 Å². The molecule has 2 fully saturated rings. The highest BCUT2D eigenvalue weighted by molar-refractivity contribution is 5.24. The maximum Gasteiger partial charge on any atom is 0.185 e. The lowest BCUT2D eigenvalue weighted by Crippen LogP contribution is -2.46. The molecule has 0 unspecified atom stereocenters. The normalized spacial score (nSPS) is 46.2.